The van der Waals surface area contributed by atoms with Crippen LogP contribution in [0.2, 0.25) is 0 Å². The Morgan fingerprint density at radius 1 is 1.18 bits per heavy atom. The molecule has 39 heavy (non-hydrogen) atoms. The van der Waals surface area contributed by atoms with E-state index in [0.29, 0.717) is 31.2 Å². The van der Waals surface area contributed by atoms with E-state index in [2.05, 4.69) is 40.8 Å². The molecule has 1 unspecified atom stereocenters. The molecule has 1 amide bonds. The number of nitrogens with zero attached hydrogens (tertiary/aromatic N) is 2. The third-order valence-electron chi connectivity index (χ3n) is 8.95. The van der Waals surface area contributed by atoms with Crippen LogP contribution >= 0.6 is 0 Å². The predicted molar refractivity (Wildman–Crippen MR) is 153 cm³/mol. The van der Waals surface area contributed by atoms with Crippen molar-refractivity contribution in [1.29, 1.82) is 0 Å². The summed E-state index contributed by atoms with van der Waals surface area (Å²) in [5, 5.41) is 7.28. The van der Waals surface area contributed by atoms with Crippen molar-refractivity contribution in [3.05, 3.63) is 47.2 Å². The van der Waals surface area contributed by atoms with Gasteiger partial charge in [-0.2, -0.15) is 0 Å². The van der Waals surface area contributed by atoms with Gasteiger partial charge >= 0.3 is 0 Å². The van der Waals surface area contributed by atoms with Crippen LogP contribution in [0, 0.1) is 12.8 Å². The molecule has 0 bridgehead atoms. The van der Waals surface area contributed by atoms with Crippen LogP contribution in [-0.4, -0.2) is 86.1 Å². The van der Waals surface area contributed by atoms with Crippen LogP contribution in [0.3, 0.4) is 0 Å². The number of ether oxygens (including phenoxy) is 3. The van der Waals surface area contributed by atoms with E-state index in [-0.39, 0.29) is 24.2 Å². The lowest BCUT2D eigenvalue weighted by Gasteiger charge is -2.38. The van der Waals surface area contributed by atoms with Gasteiger partial charge in [-0.1, -0.05) is 23.8 Å². The van der Waals surface area contributed by atoms with E-state index in [0.717, 1.165) is 75.2 Å². The molecule has 0 aromatic carbocycles. The number of nitrogens with one attached hydrogen (secondary N) is 2. The van der Waals surface area contributed by atoms with Crippen molar-refractivity contribution in [2.24, 2.45) is 5.92 Å². The number of pyridine rings is 1. The summed E-state index contributed by atoms with van der Waals surface area (Å²) in [4.78, 5) is 20.1. The topological polar surface area (TPSA) is 85.0 Å². The first kappa shape index (κ1) is 28.3. The van der Waals surface area contributed by atoms with Crippen molar-refractivity contribution in [2.75, 3.05) is 45.3 Å². The highest BCUT2D eigenvalue weighted by Crippen LogP contribution is 2.30. The standard InChI is InChI=1S/C31H46N4O4/c1-21-7-9-23(10-8-21)28-6-4-5-25(39-28)19-33-30-22(2)26(11-15-32-30)31(36)35-16-12-24(13-17-35)34-27-14-18-38-20-29(27)37-3/h7-9,11,15,23-25,27-29,34H,4-6,10,12-14,16-20H2,1-3H3,(H,32,33)/t23?,25-,27-,28+,29+/m1/s1. The first-order valence-electron chi connectivity index (χ1n) is 14.9. The molecule has 8 nitrogen and oxygen atoms in total. The number of piperidine rings is 1. The van der Waals surface area contributed by atoms with Gasteiger partial charge in [0.2, 0.25) is 0 Å². The smallest absolute Gasteiger partial charge is 0.254 e. The summed E-state index contributed by atoms with van der Waals surface area (Å²) in [5.41, 5.74) is 2.99. The third-order valence-corrected chi connectivity index (χ3v) is 8.95. The fourth-order valence-electron chi connectivity index (χ4n) is 6.43. The minimum Gasteiger partial charge on any atom is -0.379 e. The Labute approximate surface area is 233 Å². The number of hydrogen-bond acceptors (Lipinski definition) is 7. The molecule has 4 heterocycles. The number of allylic oxidation sites excluding steroid dienone is 3. The highest BCUT2D eigenvalue weighted by Gasteiger charge is 2.31. The number of hydrogen-bond donors (Lipinski definition) is 2. The van der Waals surface area contributed by atoms with Crippen molar-refractivity contribution in [1.82, 2.24) is 15.2 Å². The van der Waals surface area contributed by atoms with Crippen molar-refractivity contribution in [3.63, 3.8) is 0 Å². The molecular formula is C31H46N4O4. The maximum atomic E-state index is 13.5. The average Bonchev–Trinajstić information content (AvgIpc) is 2.97. The molecule has 214 valence electrons. The molecule has 8 heteroatoms. The monoisotopic (exact) mass is 538 g/mol. The number of methoxy groups -OCH3 is 1. The lowest BCUT2D eigenvalue weighted by Crippen LogP contribution is -2.54. The first-order valence-corrected chi connectivity index (χ1v) is 14.9. The number of carbonyl (C=O) groups is 1. The number of likely N-dealkylation sites (tertiary alicyclic amines) is 1. The van der Waals surface area contributed by atoms with Gasteiger partial charge in [-0.15, -0.1) is 0 Å². The van der Waals surface area contributed by atoms with Gasteiger partial charge in [0.25, 0.3) is 5.91 Å². The van der Waals surface area contributed by atoms with Crippen molar-refractivity contribution < 1.29 is 19.0 Å². The lowest BCUT2D eigenvalue weighted by molar-refractivity contribution is -0.0615. The van der Waals surface area contributed by atoms with Gasteiger partial charge < -0.3 is 29.7 Å². The second kappa shape index (κ2) is 13.4. The number of anilines is 1. The predicted octanol–water partition coefficient (Wildman–Crippen LogP) is 4.26. The van der Waals surface area contributed by atoms with Crippen LogP contribution in [0.1, 0.15) is 67.8 Å². The molecule has 5 atom stereocenters. The normalized spacial score (nSPS) is 30.2. The van der Waals surface area contributed by atoms with Crippen LogP contribution in [0.25, 0.3) is 0 Å². The number of carbonyl (C=O) groups excluding carboxylic acids is 1. The SMILES string of the molecule is CO[C@H]1COCC[C@H]1NC1CCN(C(=O)c2ccnc(NC[C@H]3CCC[C@@H](C4C=CC(C)=CC4)O3)c2C)CC1. The zero-order valence-electron chi connectivity index (χ0n) is 23.9. The van der Waals surface area contributed by atoms with Crippen LogP contribution < -0.4 is 10.6 Å². The lowest BCUT2D eigenvalue weighted by atomic mass is 9.87. The molecule has 5 rings (SSSR count). The van der Waals surface area contributed by atoms with E-state index in [1.54, 1.807) is 13.3 Å². The molecule has 0 saturated carbocycles. The Kier molecular flexibility index (Phi) is 9.71. The summed E-state index contributed by atoms with van der Waals surface area (Å²) >= 11 is 0. The molecular weight excluding hydrogens is 492 g/mol. The fourth-order valence-corrected chi connectivity index (χ4v) is 6.43. The van der Waals surface area contributed by atoms with Gasteiger partial charge in [0.15, 0.2) is 0 Å². The van der Waals surface area contributed by atoms with E-state index < -0.39 is 0 Å². The van der Waals surface area contributed by atoms with Crippen LogP contribution in [-0.2, 0) is 14.2 Å². The van der Waals surface area contributed by atoms with E-state index in [1.807, 2.05) is 17.9 Å². The van der Waals surface area contributed by atoms with Crippen LogP contribution in [0.5, 0.6) is 0 Å². The zero-order chi connectivity index (χ0) is 27.2. The number of amides is 1. The Bertz CT molecular complexity index is 1040. The first-order chi connectivity index (χ1) is 19.0. The van der Waals surface area contributed by atoms with Crippen LogP contribution in [0.4, 0.5) is 5.82 Å². The average molecular weight is 539 g/mol. The van der Waals surface area contributed by atoms with E-state index in [4.69, 9.17) is 14.2 Å². The molecule has 3 fully saturated rings. The summed E-state index contributed by atoms with van der Waals surface area (Å²) < 4.78 is 17.7. The molecule has 4 aliphatic rings. The van der Waals surface area contributed by atoms with E-state index >= 15 is 0 Å². The minimum atomic E-state index is 0.0960. The summed E-state index contributed by atoms with van der Waals surface area (Å²) in [6, 6.07) is 2.57. The molecule has 1 aromatic rings. The highest BCUT2D eigenvalue weighted by molar-refractivity contribution is 5.96. The second-order valence-corrected chi connectivity index (χ2v) is 11.6. The molecule has 3 aliphatic heterocycles. The summed E-state index contributed by atoms with van der Waals surface area (Å²) in [6.07, 6.45) is 16.4. The minimum absolute atomic E-state index is 0.0960. The maximum absolute atomic E-state index is 13.5. The van der Waals surface area contributed by atoms with Gasteiger partial charge in [0, 0.05) is 68.7 Å². The quantitative estimate of drug-likeness (QED) is 0.512. The maximum Gasteiger partial charge on any atom is 0.254 e. The second-order valence-electron chi connectivity index (χ2n) is 11.6. The van der Waals surface area contributed by atoms with Crippen LogP contribution in [0.15, 0.2) is 36.1 Å². The largest absolute Gasteiger partial charge is 0.379 e. The van der Waals surface area contributed by atoms with Gasteiger partial charge in [-0.3, -0.25) is 4.79 Å². The van der Waals surface area contributed by atoms with E-state index in [9.17, 15) is 4.79 Å². The summed E-state index contributed by atoms with van der Waals surface area (Å²) in [6.45, 7) is 7.78. The number of aromatic nitrogens is 1. The summed E-state index contributed by atoms with van der Waals surface area (Å²) in [7, 11) is 1.75. The molecule has 2 N–H and O–H groups in total. The highest BCUT2D eigenvalue weighted by atomic mass is 16.5. The Balaban J connectivity index is 1.12. The van der Waals surface area contributed by atoms with Crippen molar-refractivity contribution in [3.8, 4) is 0 Å². The molecule has 1 aliphatic carbocycles. The Morgan fingerprint density at radius 2 is 2.03 bits per heavy atom. The Hall–Kier alpha value is -2.26. The fraction of sp³-hybridized carbons (Fsp3) is 0.677. The zero-order valence-corrected chi connectivity index (χ0v) is 23.9. The van der Waals surface area contributed by atoms with E-state index in [1.165, 1.54) is 12.0 Å². The number of rotatable bonds is 8. The molecule has 0 radical (unpaired) electrons. The molecule has 1 aromatic heterocycles. The third kappa shape index (κ3) is 7.09. The van der Waals surface area contributed by atoms with Gasteiger partial charge in [0.05, 0.1) is 24.9 Å². The summed E-state index contributed by atoms with van der Waals surface area (Å²) in [5.74, 6) is 1.35. The van der Waals surface area contributed by atoms with Gasteiger partial charge in [0.1, 0.15) is 5.82 Å². The molecule has 0 spiro atoms. The Morgan fingerprint density at radius 3 is 2.79 bits per heavy atom. The van der Waals surface area contributed by atoms with Gasteiger partial charge in [-0.05, 0) is 64.9 Å². The molecule has 3 saturated heterocycles. The van der Waals surface area contributed by atoms with Crippen molar-refractivity contribution >= 4 is 11.7 Å². The van der Waals surface area contributed by atoms with Gasteiger partial charge in [-0.25, -0.2) is 4.98 Å². The van der Waals surface area contributed by atoms with Crippen molar-refractivity contribution in [2.45, 2.75) is 89.2 Å².